The van der Waals surface area contributed by atoms with Crippen LogP contribution < -0.4 is 10.1 Å². The van der Waals surface area contributed by atoms with Gasteiger partial charge in [-0.15, -0.1) is 0 Å². The minimum atomic E-state index is -2.94. The van der Waals surface area contributed by atoms with Crippen LogP contribution in [0, 0.1) is 18.7 Å². The number of carbonyl (C=O) groups is 1. The van der Waals surface area contributed by atoms with Crippen LogP contribution in [0.15, 0.2) is 24.3 Å². The van der Waals surface area contributed by atoms with Crippen LogP contribution >= 0.6 is 0 Å². The summed E-state index contributed by atoms with van der Waals surface area (Å²) in [4.78, 5) is 23.7. The van der Waals surface area contributed by atoms with Gasteiger partial charge >= 0.3 is 0 Å². The van der Waals surface area contributed by atoms with Gasteiger partial charge in [0.1, 0.15) is 23.2 Å². The highest BCUT2D eigenvalue weighted by Crippen LogP contribution is 2.48. The minimum Gasteiger partial charge on any atom is -0.492 e. The standard InChI is InChI=1S/C31H37F3N4O4/c1-16(39)15-38(4)30(40)19-8-11-31(41,12-9-19)24-14-23-26(22-10-13-42-27(22)24)36-18(3)37-29(23)35-17(2)20-6-5-7-21(25(20)32)28(33)34/h5-7,14,16-17,19,28,39,41H,8-13,15H2,1-4H3,(H,35,36,37)/t16-,17+,19-,31-/m0/s1. The van der Waals surface area contributed by atoms with Crippen LogP contribution in [0.3, 0.4) is 0 Å². The van der Waals surface area contributed by atoms with E-state index in [0.717, 1.165) is 11.6 Å². The first-order valence-corrected chi connectivity index (χ1v) is 14.4. The predicted molar refractivity (Wildman–Crippen MR) is 152 cm³/mol. The smallest absolute Gasteiger partial charge is 0.266 e. The fourth-order valence-corrected chi connectivity index (χ4v) is 6.30. The number of alkyl halides is 2. The molecule has 5 rings (SSSR count). The van der Waals surface area contributed by atoms with Crippen LogP contribution in [-0.2, 0) is 16.8 Å². The van der Waals surface area contributed by atoms with Crippen molar-refractivity contribution in [3.63, 3.8) is 0 Å². The predicted octanol–water partition coefficient (Wildman–Crippen LogP) is 5.34. The Hall–Kier alpha value is -3.44. The largest absolute Gasteiger partial charge is 0.492 e. The summed E-state index contributed by atoms with van der Waals surface area (Å²) >= 11 is 0. The molecule has 3 N–H and O–H groups in total. The highest BCUT2D eigenvalue weighted by Gasteiger charge is 2.41. The molecule has 2 heterocycles. The lowest BCUT2D eigenvalue weighted by Crippen LogP contribution is -2.41. The molecule has 2 aromatic carbocycles. The summed E-state index contributed by atoms with van der Waals surface area (Å²) < 4.78 is 47.7. The number of rotatable bonds is 8. The normalized spacial score (nSPS) is 21.6. The zero-order chi connectivity index (χ0) is 30.3. The fourth-order valence-electron chi connectivity index (χ4n) is 6.30. The zero-order valence-corrected chi connectivity index (χ0v) is 24.3. The Kier molecular flexibility index (Phi) is 8.35. The van der Waals surface area contributed by atoms with Gasteiger partial charge in [-0.1, -0.05) is 18.2 Å². The van der Waals surface area contributed by atoms with E-state index in [-0.39, 0.29) is 23.9 Å². The van der Waals surface area contributed by atoms with E-state index in [0.29, 0.717) is 72.6 Å². The Morgan fingerprint density at radius 2 is 1.90 bits per heavy atom. The molecule has 0 bridgehead atoms. The summed E-state index contributed by atoms with van der Waals surface area (Å²) in [6.07, 6.45) is -1.36. The first kappa shape index (κ1) is 30.0. The monoisotopic (exact) mass is 586 g/mol. The molecule has 11 heteroatoms. The maximum Gasteiger partial charge on any atom is 0.266 e. The number of ether oxygens (including phenoxy) is 1. The second-order valence-electron chi connectivity index (χ2n) is 11.6. The third kappa shape index (κ3) is 5.64. The van der Waals surface area contributed by atoms with E-state index >= 15 is 0 Å². The molecule has 1 aliphatic carbocycles. The number of aromatic nitrogens is 2. The Morgan fingerprint density at radius 3 is 2.57 bits per heavy atom. The molecule has 3 aromatic rings. The SMILES string of the molecule is Cc1nc(N[C@H](C)c2cccc(C(F)F)c2F)c2cc([C@]3(O)CC[C@H](C(=O)N(C)C[C@H](C)O)CC3)c3c(c2n1)CCO3. The third-order valence-electron chi connectivity index (χ3n) is 8.44. The van der Waals surface area contributed by atoms with Crippen molar-refractivity contribution in [1.29, 1.82) is 0 Å². The van der Waals surface area contributed by atoms with Crippen molar-refractivity contribution in [2.75, 3.05) is 25.5 Å². The highest BCUT2D eigenvalue weighted by atomic mass is 19.3. The van der Waals surface area contributed by atoms with E-state index in [1.807, 2.05) is 6.07 Å². The van der Waals surface area contributed by atoms with E-state index in [2.05, 4.69) is 15.3 Å². The number of hydrogen-bond donors (Lipinski definition) is 3. The first-order chi connectivity index (χ1) is 19.9. The summed E-state index contributed by atoms with van der Waals surface area (Å²) in [6.45, 7) is 5.72. The first-order valence-electron chi connectivity index (χ1n) is 14.4. The maximum atomic E-state index is 15.0. The molecule has 1 saturated carbocycles. The number of anilines is 1. The van der Waals surface area contributed by atoms with Crippen molar-refractivity contribution in [1.82, 2.24) is 14.9 Å². The third-order valence-corrected chi connectivity index (χ3v) is 8.44. The second-order valence-corrected chi connectivity index (χ2v) is 11.6. The van der Waals surface area contributed by atoms with E-state index in [9.17, 15) is 28.2 Å². The number of amides is 1. The van der Waals surface area contributed by atoms with Crippen molar-refractivity contribution in [2.45, 2.75) is 77.0 Å². The van der Waals surface area contributed by atoms with Gasteiger partial charge in [0.05, 0.1) is 35.4 Å². The van der Waals surface area contributed by atoms with Crippen LogP contribution in [-0.4, -0.2) is 57.3 Å². The number of aryl methyl sites for hydroxylation is 1. The summed E-state index contributed by atoms with van der Waals surface area (Å²) in [5, 5.41) is 25.4. The number of benzene rings is 2. The number of halogens is 3. The number of nitrogens with zero attached hydrogens (tertiary/aromatic N) is 3. The molecule has 1 aliphatic heterocycles. The Labute approximate surface area is 242 Å². The van der Waals surface area contributed by atoms with Crippen LogP contribution in [0.4, 0.5) is 19.0 Å². The lowest BCUT2D eigenvalue weighted by Gasteiger charge is -2.38. The lowest BCUT2D eigenvalue weighted by molar-refractivity contribution is -0.138. The molecule has 2 atom stereocenters. The summed E-state index contributed by atoms with van der Waals surface area (Å²) in [7, 11) is 1.67. The van der Waals surface area contributed by atoms with E-state index in [4.69, 9.17) is 4.74 Å². The van der Waals surface area contributed by atoms with E-state index in [1.54, 1.807) is 27.8 Å². The average Bonchev–Trinajstić information content (AvgIpc) is 3.42. The topological polar surface area (TPSA) is 108 Å². The molecule has 0 radical (unpaired) electrons. The Morgan fingerprint density at radius 1 is 1.21 bits per heavy atom. The number of aliphatic hydroxyl groups is 2. The van der Waals surface area contributed by atoms with Gasteiger partial charge in [0, 0.05) is 48.0 Å². The molecule has 2 aliphatic rings. The molecule has 226 valence electrons. The number of carbonyl (C=O) groups excluding carboxylic acids is 1. The van der Waals surface area contributed by atoms with E-state index < -0.39 is 35.6 Å². The average molecular weight is 587 g/mol. The summed E-state index contributed by atoms with van der Waals surface area (Å²) in [5.41, 5.74) is 0.271. The number of nitrogens with one attached hydrogen (secondary N) is 1. The molecule has 1 fully saturated rings. The molecular formula is C31H37F3N4O4. The zero-order valence-electron chi connectivity index (χ0n) is 24.3. The Bertz CT molecular complexity index is 1490. The quantitative estimate of drug-likeness (QED) is 0.327. The van der Waals surface area contributed by atoms with Crippen molar-refractivity contribution >= 4 is 22.6 Å². The van der Waals surface area contributed by atoms with Gasteiger partial charge in [-0.3, -0.25) is 4.79 Å². The van der Waals surface area contributed by atoms with Crippen molar-refractivity contribution in [2.24, 2.45) is 5.92 Å². The van der Waals surface area contributed by atoms with Crippen LogP contribution in [0.5, 0.6) is 5.75 Å². The van der Waals surface area contributed by atoms with Crippen LogP contribution in [0.2, 0.25) is 0 Å². The van der Waals surface area contributed by atoms with E-state index in [1.165, 1.54) is 17.0 Å². The number of hydrogen-bond acceptors (Lipinski definition) is 7. The van der Waals surface area contributed by atoms with Gasteiger partial charge in [-0.25, -0.2) is 23.1 Å². The molecule has 1 amide bonds. The fraction of sp³-hybridized carbons (Fsp3) is 0.516. The van der Waals surface area contributed by atoms with Gasteiger partial charge in [-0.2, -0.15) is 0 Å². The van der Waals surface area contributed by atoms with Crippen molar-refractivity contribution in [3.8, 4) is 5.75 Å². The molecule has 0 spiro atoms. The highest BCUT2D eigenvalue weighted by molar-refractivity contribution is 5.94. The van der Waals surface area contributed by atoms with Gasteiger partial charge < -0.3 is 25.2 Å². The molecular weight excluding hydrogens is 549 g/mol. The molecule has 1 aromatic heterocycles. The number of fused-ring (bicyclic) bond motifs is 3. The second kappa shape index (κ2) is 11.7. The van der Waals surface area contributed by atoms with Crippen molar-refractivity contribution in [3.05, 3.63) is 58.2 Å². The van der Waals surface area contributed by atoms with Gasteiger partial charge in [-0.05, 0) is 52.5 Å². The van der Waals surface area contributed by atoms with Crippen LogP contribution in [0.1, 0.15) is 80.1 Å². The van der Waals surface area contributed by atoms with Gasteiger partial charge in [0.2, 0.25) is 5.91 Å². The van der Waals surface area contributed by atoms with Crippen molar-refractivity contribution < 1.29 is 32.9 Å². The van der Waals surface area contributed by atoms with Gasteiger partial charge in [0.25, 0.3) is 6.43 Å². The van der Waals surface area contributed by atoms with Gasteiger partial charge in [0.15, 0.2) is 0 Å². The lowest BCUT2D eigenvalue weighted by atomic mass is 9.74. The molecule has 42 heavy (non-hydrogen) atoms. The minimum absolute atomic E-state index is 0.0505. The molecule has 0 saturated heterocycles. The summed E-state index contributed by atoms with van der Waals surface area (Å²) in [6, 6.07) is 5.05. The summed E-state index contributed by atoms with van der Waals surface area (Å²) in [5.74, 6) is 0.192. The maximum absolute atomic E-state index is 15.0. The Balaban J connectivity index is 1.49. The molecule has 0 unspecified atom stereocenters. The molecule has 8 nitrogen and oxygen atoms in total. The van der Waals surface area contributed by atoms with Crippen LogP contribution in [0.25, 0.3) is 10.9 Å². The number of aliphatic hydroxyl groups excluding tert-OH is 1. The number of likely N-dealkylation sites (N-methyl/N-ethyl adjacent to an activating group) is 1.